The number of nitrogens with two attached hydrogens (primary N) is 2. The van der Waals surface area contributed by atoms with Gasteiger partial charge in [-0.1, -0.05) is 104 Å². The summed E-state index contributed by atoms with van der Waals surface area (Å²) in [6.07, 6.45) is 8.22. The molecule has 227 valence electrons. The zero-order valence-corrected chi connectivity index (χ0v) is 27.6. The lowest BCUT2D eigenvalue weighted by Gasteiger charge is -2.38. The summed E-state index contributed by atoms with van der Waals surface area (Å²) in [5.74, 6) is -0.101. The molecule has 0 aromatic heterocycles. The summed E-state index contributed by atoms with van der Waals surface area (Å²) < 4.78 is 11.2. The highest BCUT2D eigenvalue weighted by Gasteiger charge is 2.46. The molecule has 8 heteroatoms. The van der Waals surface area contributed by atoms with Crippen LogP contribution in [0.4, 0.5) is 0 Å². The van der Waals surface area contributed by atoms with Gasteiger partial charge < -0.3 is 20.9 Å². The maximum absolute atomic E-state index is 12.7. The first-order chi connectivity index (χ1) is 18.4. The second-order valence-electron chi connectivity index (χ2n) is 10.1. The van der Waals surface area contributed by atoms with Crippen LogP contribution in [-0.2, 0) is 25.6 Å². The van der Waals surface area contributed by atoms with Gasteiger partial charge in [-0.2, -0.15) is 12.6 Å². The smallest absolute Gasteiger partial charge is 0.326 e. The Kier molecular flexibility index (Phi) is 26.2. The molecule has 1 aliphatic carbocycles. The third-order valence-corrected chi connectivity index (χ3v) is 7.23. The van der Waals surface area contributed by atoms with Gasteiger partial charge in [-0.3, -0.25) is 9.59 Å². The number of thiol groups is 1. The molecule has 0 heterocycles. The fraction of sp³-hybridized carbons (Fsp3) is 0.742. The third kappa shape index (κ3) is 17.7. The van der Waals surface area contributed by atoms with Crippen molar-refractivity contribution in [3.63, 3.8) is 0 Å². The van der Waals surface area contributed by atoms with E-state index in [0.29, 0.717) is 6.42 Å². The number of amides is 1. The number of rotatable bonds is 11. The highest BCUT2D eigenvalue weighted by molar-refractivity contribution is 7.81. The van der Waals surface area contributed by atoms with Gasteiger partial charge in [0, 0.05) is 4.75 Å². The van der Waals surface area contributed by atoms with Crippen LogP contribution in [0.2, 0.25) is 6.32 Å². The zero-order valence-electron chi connectivity index (χ0n) is 26.7. The molecule has 1 aliphatic rings. The van der Waals surface area contributed by atoms with Crippen LogP contribution in [0.25, 0.3) is 0 Å². The molecule has 2 rings (SSSR count). The molecule has 1 aromatic rings. The van der Waals surface area contributed by atoms with Crippen molar-refractivity contribution in [3.8, 4) is 0 Å². The minimum absolute atomic E-state index is 0.165. The number of unbranched alkanes of at least 4 members (excludes halogenated alkanes) is 1. The molecule has 6 nitrogen and oxygen atoms in total. The first kappa shape index (κ1) is 42.0. The Balaban J connectivity index is -0.00000102. The summed E-state index contributed by atoms with van der Waals surface area (Å²) in [6, 6.07) is 9.73. The van der Waals surface area contributed by atoms with E-state index in [-0.39, 0.29) is 35.3 Å². The molecule has 4 N–H and O–H groups in total. The number of hydrogen-bond donors (Lipinski definition) is 3. The second kappa shape index (κ2) is 24.3. The number of carbonyl (C=O) groups excluding carboxylic acids is 2. The van der Waals surface area contributed by atoms with Crippen LogP contribution in [0.3, 0.4) is 0 Å². The molecule has 1 saturated carbocycles. The van der Waals surface area contributed by atoms with Gasteiger partial charge >= 0.3 is 5.97 Å². The summed E-state index contributed by atoms with van der Waals surface area (Å²) >= 11 is 4.61. The summed E-state index contributed by atoms with van der Waals surface area (Å²) in [7, 11) is 1.87. The largest absolute Gasteiger partial charge is 0.459 e. The van der Waals surface area contributed by atoms with Crippen molar-refractivity contribution in [2.45, 2.75) is 143 Å². The summed E-state index contributed by atoms with van der Waals surface area (Å²) in [6.45, 7) is 20.8. The van der Waals surface area contributed by atoms with Crippen molar-refractivity contribution in [1.29, 1.82) is 0 Å². The van der Waals surface area contributed by atoms with E-state index in [0.717, 1.165) is 37.6 Å². The Hall–Kier alpha value is -1.51. The monoisotopic (exact) mass is 567 g/mol. The van der Waals surface area contributed by atoms with Gasteiger partial charge in [-0.05, 0) is 58.4 Å². The molecular formula is C31H60BN2O4S. The molecule has 39 heavy (non-hydrogen) atoms. The average molecular weight is 568 g/mol. The van der Waals surface area contributed by atoms with Crippen molar-refractivity contribution in [2.24, 2.45) is 17.4 Å². The molecule has 1 radical (unpaired) electrons. The molecule has 1 fully saturated rings. The predicted octanol–water partition coefficient (Wildman–Crippen LogP) is 7.51. The van der Waals surface area contributed by atoms with Crippen LogP contribution in [-0.4, -0.2) is 35.7 Å². The number of carbonyl (C=O) groups is 2. The van der Waals surface area contributed by atoms with Gasteiger partial charge in [0.05, 0.1) is 5.60 Å². The molecule has 2 unspecified atom stereocenters. The van der Waals surface area contributed by atoms with Crippen molar-refractivity contribution >= 4 is 32.5 Å². The first-order valence-electron chi connectivity index (χ1n) is 14.8. The second-order valence-corrected chi connectivity index (χ2v) is 11.2. The van der Waals surface area contributed by atoms with Gasteiger partial charge in [0.2, 0.25) is 6.41 Å². The number of esters is 1. The molecule has 0 aliphatic heterocycles. The summed E-state index contributed by atoms with van der Waals surface area (Å²) in [5.41, 5.74) is 10.5. The van der Waals surface area contributed by atoms with Gasteiger partial charge in [0.1, 0.15) is 12.1 Å². The van der Waals surface area contributed by atoms with Crippen molar-refractivity contribution < 1.29 is 19.0 Å². The molecule has 2 atom stereocenters. The van der Waals surface area contributed by atoms with E-state index in [1.165, 1.54) is 12.8 Å². The topological polar surface area (TPSA) is 105 Å². The van der Waals surface area contributed by atoms with Crippen LogP contribution in [0, 0.1) is 5.92 Å². The Morgan fingerprint density at radius 3 is 2.08 bits per heavy atom. The van der Waals surface area contributed by atoms with Gasteiger partial charge in [0.15, 0.2) is 0 Å². The lowest BCUT2D eigenvalue weighted by atomic mass is 9.80. The van der Waals surface area contributed by atoms with E-state index >= 15 is 0 Å². The zero-order chi connectivity index (χ0) is 31.0. The SMILES string of the molecule is CC.CC.CC(C)(S)C(C)(C)O[B]CCCC1CCCC1(N)C(=O)OCc1ccccc1.CCCC.NC=O. The van der Waals surface area contributed by atoms with E-state index < -0.39 is 5.54 Å². The first-order valence-corrected chi connectivity index (χ1v) is 15.2. The van der Waals surface area contributed by atoms with Gasteiger partial charge in [-0.15, -0.1) is 0 Å². The minimum atomic E-state index is -0.859. The van der Waals surface area contributed by atoms with Gasteiger partial charge in [-0.25, -0.2) is 0 Å². The molecular weight excluding hydrogens is 507 g/mol. The number of benzene rings is 1. The van der Waals surface area contributed by atoms with E-state index in [1.807, 2.05) is 93.2 Å². The average Bonchev–Trinajstić information content (AvgIpc) is 3.31. The highest BCUT2D eigenvalue weighted by atomic mass is 32.1. The minimum Gasteiger partial charge on any atom is -0.459 e. The lowest BCUT2D eigenvalue weighted by Crippen LogP contribution is -2.52. The number of primary amides is 1. The molecule has 1 amide bonds. The molecule has 0 bridgehead atoms. The normalized spacial score (nSPS) is 17.8. The Morgan fingerprint density at radius 1 is 1.10 bits per heavy atom. The highest BCUT2D eigenvalue weighted by Crippen LogP contribution is 2.38. The fourth-order valence-corrected chi connectivity index (χ4v) is 3.54. The fourth-order valence-electron chi connectivity index (χ4n) is 3.49. The van der Waals surface area contributed by atoms with Crippen molar-refractivity contribution in [1.82, 2.24) is 0 Å². The van der Waals surface area contributed by atoms with E-state index in [1.54, 1.807) is 0 Å². The number of hydrogen-bond acceptors (Lipinski definition) is 6. The standard InChI is InChI=1S/C22H35BNO3S.C4H10.2C2H6.CH3NO/c1-20(2,21(3,4)28)27-23-15-9-13-18-12-8-14-22(18,24)19(25)26-16-17-10-6-5-7-11-17;1-3-4-2;2*1-2;2-1-3/h5-7,10-11,18,28H,8-9,12-16,24H2,1-4H3;3-4H2,1-2H3;2*1-2H3;1H,(H2,2,3). The van der Waals surface area contributed by atoms with Crippen LogP contribution in [0.1, 0.15) is 120 Å². The van der Waals surface area contributed by atoms with E-state index in [2.05, 4.69) is 32.2 Å². The van der Waals surface area contributed by atoms with Crippen molar-refractivity contribution in [2.75, 3.05) is 0 Å². The quantitative estimate of drug-likeness (QED) is 0.0844. The molecule has 1 aromatic carbocycles. The van der Waals surface area contributed by atoms with E-state index in [4.69, 9.17) is 19.9 Å². The van der Waals surface area contributed by atoms with Crippen LogP contribution >= 0.6 is 12.6 Å². The molecule has 0 spiro atoms. The van der Waals surface area contributed by atoms with E-state index in [9.17, 15) is 4.79 Å². The lowest BCUT2D eigenvalue weighted by molar-refractivity contribution is -0.153. The van der Waals surface area contributed by atoms with Crippen LogP contribution < -0.4 is 11.5 Å². The maximum atomic E-state index is 12.7. The molecule has 0 saturated heterocycles. The Bertz CT molecular complexity index is 712. The van der Waals surface area contributed by atoms with Crippen LogP contribution in [0.5, 0.6) is 0 Å². The summed E-state index contributed by atoms with van der Waals surface area (Å²) in [4.78, 5) is 21.3. The van der Waals surface area contributed by atoms with Gasteiger partial charge in [0.25, 0.3) is 7.48 Å². The predicted molar refractivity (Wildman–Crippen MR) is 172 cm³/mol. The maximum Gasteiger partial charge on any atom is 0.326 e. The van der Waals surface area contributed by atoms with Crippen LogP contribution in [0.15, 0.2) is 30.3 Å². The summed E-state index contributed by atoms with van der Waals surface area (Å²) in [5, 5.41) is 0. The number of ether oxygens (including phenoxy) is 1. The Morgan fingerprint density at radius 2 is 1.62 bits per heavy atom. The Labute approximate surface area is 247 Å². The third-order valence-electron chi connectivity index (χ3n) is 6.69. The van der Waals surface area contributed by atoms with Crippen molar-refractivity contribution in [3.05, 3.63) is 35.9 Å².